The monoisotopic (exact) mass is 303 g/mol. The summed E-state index contributed by atoms with van der Waals surface area (Å²) >= 11 is 0. The highest BCUT2D eigenvalue weighted by atomic mass is 16.3. The van der Waals surface area contributed by atoms with Crippen molar-refractivity contribution in [3.05, 3.63) is 102 Å². The van der Waals surface area contributed by atoms with Crippen molar-refractivity contribution in [3.8, 4) is 0 Å². The summed E-state index contributed by atoms with van der Waals surface area (Å²) in [6, 6.07) is 27.7. The molecule has 3 aromatic carbocycles. The predicted molar refractivity (Wildman–Crippen MR) is 95.8 cm³/mol. The molecule has 0 heterocycles. The predicted octanol–water partition coefficient (Wildman–Crippen LogP) is 4.04. The zero-order valence-electron chi connectivity index (χ0n) is 13.5. The minimum atomic E-state index is -1.16. The van der Waals surface area contributed by atoms with E-state index in [-0.39, 0.29) is 0 Å². The second-order valence-electron chi connectivity index (χ2n) is 5.88. The lowest BCUT2D eigenvalue weighted by molar-refractivity contribution is 0.125. The molecule has 0 fully saturated rings. The van der Waals surface area contributed by atoms with Crippen molar-refractivity contribution in [2.75, 3.05) is 19.0 Å². The quantitative estimate of drug-likeness (QED) is 0.735. The lowest BCUT2D eigenvalue weighted by Crippen LogP contribution is -2.28. The summed E-state index contributed by atoms with van der Waals surface area (Å²) in [6.07, 6.45) is 0. The third kappa shape index (κ3) is 2.86. The molecule has 0 bridgehead atoms. The molecule has 0 radical (unpaired) electrons. The number of hydrogen-bond donors (Lipinski definition) is 1. The summed E-state index contributed by atoms with van der Waals surface area (Å²) in [5, 5.41) is 11.6. The third-order valence-electron chi connectivity index (χ3n) is 4.18. The van der Waals surface area contributed by atoms with Gasteiger partial charge in [-0.1, -0.05) is 72.8 Å². The molecule has 1 N–H and O–H groups in total. The maximum Gasteiger partial charge on any atom is 0.140 e. The fourth-order valence-electron chi connectivity index (χ4n) is 2.86. The van der Waals surface area contributed by atoms with E-state index < -0.39 is 5.60 Å². The Morgan fingerprint density at radius 1 is 0.609 bits per heavy atom. The van der Waals surface area contributed by atoms with Crippen molar-refractivity contribution in [2.45, 2.75) is 5.60 Å². The lowest BCUT2D eigenvalue weighted by Gasteiger charge is -2.30. The van der Waals surface area contributed by atoms with Gasteiger partial charge in [0.2, 0.25) is 0 Å². The second-order valence-corrected chi connectivity index (χ2v) is 5.88. The van der Waals surface area contributed by atoms with Crippen molar-refractivity contribution in [2.24, 2.45) is 0 Å². The molecular weight excluding hydrogens is 282 g/mol. The van der Waals surface area contributed by atoms with Gasteiger partial charge in [0.1, 0.15) is 5.60 Å². The maximum atomic E-state index is 11.6. The Hall–Kier alpha value is -2.58. The van der Waals surface area contributed by atoms with Gasteiger partial charge in [-0.2, -0.15) is 0 Å². The van der Waals surface area contributed by atoms with Crippen LogP contribution in [0.25, 0.3) is 0 Å². The average molecular weight is 303 g/mol. The van der Waals surface area contributed by atoms with Crippen molar-refractivity contribution in [3.63, 3.8) is 0 Å². The smallest absolute Gasteiger partial charge is 0.140 e. The van der Waals surface area contributed by atoms with E-state index >= 15 is 0 Å². The summed E-state index contributed by atoms with van der Waals surface area (Å²) in [4.78, 5) is 2.05. The molecule has 0 aliphatic rings. The molecule has 23 heavy (non-hydrogen) atoms. The fourth-order valence-corrected chi connectivity index (χ4v) is 2.86. The fraction of sp³-hybridized carbons (Fsp3) is 0.143. The minimum absolute atomic E-state index is 0.862. The first-order valence-electron chi connectivity index (χ1n) is 7.73. The molecule has 0 aromatic heterocycles. The van der Waals surface area contributed by atoms with E-state index in [1.54, 1.807) is 0 Å². The Morgan fingerprint density at radius 3 is 1.39 bits per heavy atom. The van der Waals surface area contributed by atoms with Crippen molar-refractivity contribution in [1.82, 2.24) is 0 Å². The van der Waals surface area contributed by atoms with Crippen LogP contribution < -0.4 is 4.90 Å². The van der Waals surface area contributed by atoms with Crippen LogP contribution in [0.3, 0.4) is 0 Å². The van der Waals surface area contributed by atoms with Crippen LogP contribution in [-0.4, -0.2) is 19.2 Å². The standard InChI is InChI=1S/C21H21NO/c1-22(2)20-15-13-19(14-16-20)21(23,17-9-5-3-6-10-17)18-11-7-4-8-12-18/h3-16,23H,1-2H3. The lowest BCUT2D eigenvalue weighted by atomic mass is 9.80. The van der Waals surface area contributed by atoms with Crippen LogP contribution in [0, 0.1) is 0 Å². The number of nitrogens with zero attached hydrogens (tertiary/aromatic N) is 1. The summed E-state index contributed by atoms with van der Waals surface area (Å²) in [7, 11) is 4.02. The first kappa shape index (κ1) is 15.3. The molecule has 3 rings (SSSR count). The molecule has 0 saturated carbocycles. The SMILES string of the molecule is CN(C)c1ccc(C(O)(c2ccccc2)c2ccccc2)cc1. The van der Waals surface area contributed by atoms with Crippen LogP contribution in [0.2, 0.25) is 0 Å². The largest absolute Gasteiger partial charge is 0.378 e. The van der Waals surface area contributed by atoms with Crippen molar-refractivity contribution < 1.29 is 5.11 Å². The maximum absolute atomic E-state index is 11.6. The van der Waals surface area contributed by atoms with Crippen LogP contribution >= 0.6 is 0 Å². The molecular formula is C21H21NO. The van der Waals surface area contributed by atoms with Crippen LogP contribution in [0.4, 0.5) is 5.69 Å². The van der Waals surface area contributed by atoms with Gasteiger partial charge in [0, 0.05) is 19.8 Å². The second kappa shape index (κ2) is 6.27. The summed E-state index contributed by atoms with van der Waals surface area (Å²) in [6.45, 7) is 0. The number of anilines is 1. The molecule has 3 aromatic rings. The van der Waals surface area contributed by atoms with Crippen LogP contribution in [0.15, 0.2) is 84.9 Å². The summed E-state index contributed by atoms with van der Waals surface area (Å²) in [5.41, 5.74) is 2.54. The summed E-state index contributed by atoms with van der Waals surface area (Å²) in [5.74, 6) is 0. The normalized spacial score (nSPS) is 11.3. The van der Waals surface area contributed by atoms with Gasteiger partial charge >= 0.3 is 0 Å². The highest BCUT2D eigenvalue weighted by Gasteiger charge is 2.33. The van der Waals surface area contributed by atoms with Gasteiger partial charge in [-0.3, -0.25) is 0 Å². The number of benzene rings is 3. The average Bonchev–Trinajstić information content (AvgIpc) is 2.62. The van der Waals surface area contributed by atoms with Gasteiger partial charge in [-0.05, 0) is 28.8 Å². The molecule has 0 spiro atoms. The zero-order valence-corrected chi connectivity index (χ0v) is 13.5. The van der Waals surface area contributed by atoms with E-state index in [9.17, 15) is 5.11 Å². The van der Waals surface area contributed by atoms with Gasteiger partial charge in [-0.25, -0.2) is 0 Å². The molecule has 0 aliphatic heterocycles. The molecule has 0 aliphatic carbocycles. The van der Waals surface area contributed by atoms with E-state index in [1.165, 1.54) is 0 Å². The summed E-state index contributed by atoms with van der Waals surface area (Å²) < 4.78 is 0. The van der Waals surface area contributed by atoms with Crippen molar-refractivity contribution in [1.29, 1.82) is 0 Å². The first-order chi connectivity index (χ1) is 11.1. The van der Waals surface area contributed by atoms with E-state index in [1.807, 2.05) is 104 Å². The van der Waals surface area contributed by atoms with Gasteiger partial charge in [0.25, 0.3) is 0 Å². The van der Waals surface area contributed by atoms with Gasteiger partial charge < -0.3 is 10.0 Å². The van der Waals surface area contributed by atoms with Crippen LogP contribution in [0.1, 0.15) is 16.7 Å². The van der Waals surface area contributed by atoms with Gasteiger partial charge in [0.05, 0.1) is 0 Å². The number of aliphatic hydroxyl groups is 1. The van der Waals surface area contributed by atoms with E-state index in [0.717, 1.165) is 22.4 Å². The molecule has 2 heteroatoms. The Kier molecular flexibility index (Phi) is 4.18. The third-order valence-corrected chi connectivity index (χ3v) is 4.18. The van der Waals surface area contributed by atoms with E-state index in [0.29, 0.717) is 0 Å². The number of hydrogen-bond acceptors (Lipinski definition) is 2. The first-order valence-corrected chi connectivity index (χ1v) is 7.73. The van der Waals surface area contributed by atoms with Crippen LogP contribution in [0.5, 0.6) is 0 Å². The van der Waals surface area contributed by atoms with E-state index in [2.05, 4.69) is 0 Å². The molecule has 2 nitrogen and oxygen atoms in total. The molecule has 0 saturated heterocycles. The topological polar surface area (TPSA) is 23.5 Å². The van der Waals surface area contributed by atoms with Gasteiger partial charge in [-0.15, -0.1) is 0 Å². The number of rotatable bonds is 4. The van der Waals surface area contributed by atoms with Crippen molar-refractivity contribution >= 4 is 5.69 Å². The van der Waals surface area contributed by atoms with Crippen LogP contribution in [-0.2, 0) is 5.60 Å². The Balaban J connectivity index is 2.16. The van der Waals surface area contributed by atoms with E-state index in [4.69, 9.17) is 0 Å². The zero-order chi connectivity index (χ0) is 16.3. The Labute approximate surface area is 137 Å². The minimum Gasteiger partial charge on any atom is -0.378 e. The highest BCUT2D eigenvalue weighted by molar-refractivity contribution is 5.52. The molecule has 0 amide bonds. The Bertz CT molecular complexity index is 709. The molecule has 116 valence electrons. The Morgan fingerprint density at radius 2 is 1.00 bits per heavy atom. The molecule has 0 atom stereocenters. The highest BCUT2D eigenvalue weighted by Crippen LogP contribution is 2.36. The van der Waals surface area contributed by atoms with Gasteiger partial charge in [0.15, 0.2) is 0 Å². The molecule has 0 unspecified atom stereocenters.